The molecule has 0 aliphatic rings. The van der Waals surface area contributed by atoms with Crippen molar-refractivity contribution in [2.24, 2.45) is 0 Å². The Morgan fingerprint density at radius 3 is 2.72 bits per heavy atom. The highest BCUT2D eigenvalue weighted by Gasteiger charge is 2.21. The number of hydrogen-bond donors (Lipinski definition) is 2. The van der Waals surface area contributed by atoms with Gasteiger partial charge in [-0.15, -0.1) is 0 Å². The van der Waals surface area contributed by atoms with E-state index in [2.05, 4.69) is 15.3 Å². The fraction of sp³-hybridized carbons (Fsp3) is 0.357. The minimum absolute atomic E-state index is 0.185. The van der Waals surface area contributed by atoms with E-state index < -0.39 is 0 Å². The zero-order chi connectivity index (χ0) is 13.1. The number of halogens is 1. The Morgan fingerprint density at radius 2 is 2.17 bits per heavy atom. The van der Waals surface area contributed by atoms with Crippen molar-refractivity contribution in [1.29, 1.82) is 0 Å². The normalized spacial score (nSPS) is 12.7. The molecule has 0 aliphatic heterocycles. The Hall–Kier alpha value is -1.68. The number of hydrogen-bond acceptors (Lipinski definition) is 2. The van der Waals surface area contributed by atoms with Gasteiger partial charge in [0.15, 0.2) is 0 Å². The van der Waals surface area contributed by atoms with Crippen LogP contribution in [0.2, 0.25) is 0 Å². The highest BCUT2D eigenvalue weighted by Crippen LogP contribution is 2.26. The minimum atomic E-state index is -0.231. The summed E-state index contributed by atoms with van der Waals surface area (Å²) >= 11 is 0. The summed E-state index contributed by atoms with van der Waals surface area (Å²) in [7, 11) is 0. The Balaban J connectivity index is 2.49. The maximum atomic E-state index is 14.2. The molecular formula is C14H18FN3. The molecule has 0 fully saturated rings. The molecule has 2 rings (SSSR count). The highest BCUT2D eigenvalue weighted by molar-refractivity contribution is 5.37. The Bertz CT molecular complexity index is 497. The first-order valence-corrected chi connectivity index (χ1v) is 6.12. The van der Waals surface area contributed by atoms with E-state index in [1.54, 1.807) is 18.5 Å². The summed E-state index contributed by atoms with van der Waals surface area (Å²) < 4.78 is 14.2. The van der Waals surface area contributed by atoms with E-state index in [4.69, 9.17) is 0 Å². The molecule has 0 saturated carbocycles. The standard InChI is InChI=1S/C14H18FN3/c1-4-16-13(14-17-5-6-18-14)12-10(3)7-9(2)8-11(12)15/h5-8,13,16H,4H2,1-3H3,(H,17,18). The first kappa shape index (κ1) is 12.8. The molecule has 1 aromatic carbocycles. The quantitative estimate of drug-likeness (QED) is 0.872. The Morgan fingerprint density at radius 1 is 1.39 bits per heavy atom. The average molecular weight is 247 g/mol. The van der Waals surface area contributed by atoms with Gasteiger partial charge in [0, 0.05) is 18.0 Å². The van der Waals surface area contributed by atoms with Crippen LogP contribution in [0.3, 0.4) is 0 Å². The molecule has 0 spiro atoms. The van der Waals surface area contributed by atoms with E-state index in [0.29, 0.717) is 5.56 Å². The smallest absolute Gasteiger partial charge is 0.128 e. The van der Waals surface area contributed by atoms with Crippen LogP contribution in [0.5, 0.6) is 0 Å². The van der Waals surface area contributed by atoms with Gasteiger partial charge in [-0.25, -0.2) is 9.37 Å². The maximum absolute atomic E-state index is 14.2. The van der Waals surface area contributed by atoms with E-state index in [1.807, 2.05) is 26.8 Å². The molecule has 0 aliphatic carbocycles. The van der Waals surface area contributed by atoms with Gasteiger partial charge in [0.05, 0.1) is 6.04 Å². The van der Waals surface area contributed by atoms with Gasteiger partial charge in [0.2, 0.25) is 0 Å². The number of benzene rings is 1. The minimum Gasteiger partial charge on any atom is -0.347 e. The predicted molar refractivity (Wildman–Crippen MR) is 70.0 cm³/mol. The summed E-state index contributed by atoms with van der Waals surface area (Å²) in [6, 6.07) is 3.33. The fourth-order valence-electron chi connectivity index (χ4n) is 2.27. The molecule has 18 heavy (non-hydrogen) atoms. The molecule has 2 aromatic rings. The topological polar surface area (TPSA) is 40.7 Å². The van der Waals surface area contributed by atoms with Crippen molar-refractivity contribution in [3.8, 4) is 0 Å². The predicted octanol–water partition coefficient (Wildman–Crippen LogP) is 2.86. The number of aryl methyl sites for hydroxylation is 2. The van der Waals surface area contributed by atoms with E-state index in [9.17, 15) is 4.39 Å². The SMILES string of the molecule is CCNC(c1ncc[nH]1)c1c(C)cc(C)cc1F. The lowest BCUT2D eigenvalue weighted by atomic mass is 9.98. The van der Waals surface area contributed by atoms with Gasteiger partial charge in [0.1, 0.15) is 11.6 Å². The van der Waals surface area contributed by atoms with Crippen LogP contribution in [0, 0.1) is 19.7 Å². The molecule has 2 N–H and O–H groups in total. The summed E-state index contributed by atoms with van der Waals surface area (Å²) in [5.74, 6) is 0.553. The monoisotopic (exact) mass is 247 g/mol. The van der Waals surface area contributed by atoms with Crippen molar-refractivity contribution in [1.82, 2.24) is 15.3 Å². The number of H-pyrrole nitrogens is 1. The van der Waals surface area contributed by atoms with Crippen molar-refractivity contribution in [3.05, 3.63) is 52.9 Å². The van der Waals surface area contributed by atoms with Crippen molar-refractivity contribution in [3.63, 3.8) is 0 Å². The molecular weight excluding hydrogens is 229 g/mol. The van der Waals surface area contributed by atoms with Crippen LogP contribution in [0.25, 0.3) is 0 Å². The largest absolute Gasteiger partial charge is 0.347 e. The van der Waals surface area contributed by atoms with Crippen LogP contribution < -0.4 is 5.32 Å². The van der Waals surface area contributed by atoms with Gasteiger partial charge in [-0.05, 0) is 37.6 Å². The molecule has 1 unspecified atom stereocenters. The average Bonchev–Trinajstić information content (AvgIpc) is 2.79. The third-order valence-electron chi connectivity index (χ3n) is 2.97. The second-order valence-electron chi connectivity index (χ2n) is 4.44. The molecule has 1 aromatic heterocycles. The zero-order valence-corrected chi connectivity index (χ0v) is 10.9. The zero-order valence-electron chi connectivity index (χ0n) is 10.9. The number of aromatic amines is 1. The number of aromatic nitrogens is 2. The molecule has 96 valence electrons. The molecule has 0 radical (unpaired) electrons. The molecule has 3 nitrogen and oxygen atoms in total. The summed E-state index contributed by atoms with van der Waals surface area (Å²) in [6.45, 7) is 6.57. The second kappa shape index (κ2) is 5.31. The van der Waals surface area contributed by atoms with Crippen LogP contribution in [0.4, 0.5) is 4.39 Å². The molecule has 0 bridgehead atoms. The molecule has 0 amide bonds. The summed E-state index contributed by atoms with van der Waals surface area (Å²) in [5, 5.41) is 3.27. The highest BCUT2D eigenvalue weighted by atomic mass is 19.1. The van der Waals surface area contributed by atoms with E-state index in [1.165, 1.54) is 0 Å². The Kier molecular flexibility index (Phi) is 3.77. The van der Waals surface area contributed by atoms with Crippen LogP contribution in [0.1, 0.15) is 35.5 Å². The van der Waals surface area contributed by atoms with Crippen LogP contribution >= 0.6 is 0 Å². The fourth-order valence-corrected chi connectivity index (χ4v) is 2.27. The first-order chi connectivity index (χ1) is 8.63. The van der Waals surface area contributed by atoms with Crippen molar-refractivity contribution < 1.29 is 4.39 Å². The van der Waals surface area contributed by atoms with Gasteiger partial charge in [-0.2, -0.15) is 0 Å². The third kappa shape index (κ3) is 2.43. The lowest BCUT2D eigenvalue weighted by molar-refractivity contribution is 0.542. The summed E-state index contributed by atoms with van der Waals surface area (Å²) in [5.41, 5.74) is 2.54. The Labute approximate surface area is 106 Å². The number of nitrogens with zero attached hydrogens (tertiary/aromatic N) is 1. The molecule has 1 atom stereocenters. The van der Waals surface area contributed by atoms with Gasteiger partial charge >= 0.3 is 0 Å². The van der Waals surface area contributed by atoms with Gasteiger partial charge in [0.25, 0.3) is 0 Å². The summed E-state index contributed by atoms with van der Waals surface area (Å²) in [4.78, 5) is 7.28. The van der Waals surface area contributed by atoms with Crippen molar-refractivity contribution >= 4 is 0 Å². The molecule has 4 heteroatoms. The van der Waals surface area contributed by atoms with Crippen molar-refractivity contribution in [2.75, 3.05) is 6.54 Å². The molecule has 0 saturated heterocycles. The van der Waals surface area contributed by atoms with Crippen LogP contribution in [0.15, 0.2) is 24.5 Å². The first-order valence-electron chi connectivity index (χ1n) is 6.12. The number of imidazole rings is 1. The van der Waals surface area contributed by atoms with Crippen LogP contribution in [-0.4, -0.2) is 16.5 Å². The van der Waals surface area contributed by atoms with E-state index in [-0.39, 0.29) is 11.9 Å². The van der Waals surface area contributed by atoms with Crippen LogP contribution in [-0.2, 0) is 0 Å². The maximum Gasteiger partial charge on any atom is 0.128 e. The van der Waals surface area contributed by atoms with Gasteiger partial charge in [-0.3, -0.25) is 0 Å². The van der Waals surface area contributed by atoms with Gasteiger partial charge < -0.3 is 10.3 Å². The second-order valence-corrected chi connectivity index (χ2v) is 4.44. The van der Waals surface area contributed by atoms with E-state index >= 15 is 0 Å². The van der Waals surface area contributed by atoms with Crippen molar-refractivity contribution in [2.45, 2.75) is 26.8 Å². The lowest BCUT2D eigenvalue weighted by Gasteiger charge is -2.19. The van der Waals surface area contributed by atoms with E-state index in [0.717, 1.165) is 23.5 Å². The number of rotatable bonds is 4. The molecule has 1 heterocycles. The number of nitrogens with one attached hydrogen (secondary N) is 2. The lowest BCUT2D eigenvalue weighted by Crippen LogP contribution is -2.25. The van der Waals surface area contributed by atoms with Gasteiger partial charge in [-0.1, -0.05) is 13.0 Å². The third-order valence-corrected chi connectivity index (χ3v) is 2.97. The summed E-state index contributed by atoms with van der Waals surface area (Å²) in [6.07, 6.45) is 3.43.